The standard InChI is InChI=1S/C22H32/c1-5-7-9-11-19-16-20-15-18(17(3)4)12-10-14-22(20)21(19)13-8-6-2/h10,12,14-17H,5-9,11,13H2,1-4H3. The Balaban J connectivity index is 2.38. The highest BCUT2D eigenvalue weighted by molar-refractivity contribution is 5.74. The molecule has 0 aromatic rings. The maximum Gasteiger partial charge on any atom is -0.0149 e. The zero-order chi connectivity index (χ0) is 15.9. The lowest BCUT2D eigenvalue weighted by molar-refractivity contribution is 0.710. The molecule has 0 unspecified atom stereocenters. The van der Waals surface area contributed by atoms with E-state index in [0.29, 0.717) is 5.92 Å². The van der Waals surface area contributed by atoms with Gasteiger partial charge in [-0.1, -0.05) is 77.3 Å². The Bertz CT molecular complexity index is 550. The maximum atomic E-state index is 2.47. The van der Waals surface area contributed by atoms with Gasteiger partial charge in [0, 0.05) is 0 Å². The Morgan fingerprint density at radius 2 is 1.64 bits per heavy atom. The SMILES string of the molecule is CCCCCc1cc2cc(C(C)C)cccc-2c1CCCC. The van der Waals surface area contributed by atoms with Crippen molar-refractivity contribution in [3.05, 3.63) is 47.0 Å². The quantitative estimate of drug-likeness (QED) is 0.460. The van der Waals surface area contributed by atoms with Crippen molar-refractivity contribution in [3.8, 4) is 11.1 Å². The molecule has 2 aliphatic carbocycles. The number of hydrogen-bond donors (Lipinski definition) is 0. The molecule has 0 heteroatoms. The molecular weight excluding hydrogens is 264 g/mol. The van der Waals surface area contributed by atoms with Gasteiger partial charge >= 0.3 is 0 Å². The Kier molecular flexibility index (Phi) is 6.49. The van der Waals surface area contributed by atoms with Gasteiger partial charge in [-0.15, -0.1) is 0 Å². The first-order valence-corrected chi connectivity index (χ1v) is 9.21. The molecule has 0 spiro atoms. The summed E-state index contributed by atoms with van der Waals surface area (Å²) in [4.78, 5) is 0. The second-order valence-electron chi connectivity index (χ2n) is 6.90. The minimum absolute atomic E-state index is 0.591. The van der Waals surface area contributed by atoms with Crippen LogP contribution in [0.3, 0.4) is 0 Å². The largest absolute Gasteiger partial charge is 0.0654 e. The van der Waals surface area contributed by atoms with E-state index in [1.54, 1.807) is 11.1 Å². The minimum atomic E-state index is 0.591. The predicted molar refractivity (Wildman–Crippen MR) is 99.0 cm³/mol. The van der Waals surface area contributed by atoms with Crippen LogP contribution in [0.25, 0.3) is 11.1 Å². The molecule has 2 rings (SSSR count). The third-order valence-corrected chi connectivity index (χ3v) is 4.72. The number of aryl methyl sites for hydroxylation is 1. The Morgan fingerprint density at radius 1 is 0.864 bits per heavy atom. The zero-order valence-electron chi connectivity index (χ0n) is 14.9. The van der Waals surface area contributed by atoms with Crippen LogP contribution in [0.4, 0.5) is 0 Å². The van der Waals surface area contributed by atoms with Crippen LogP contribution < -0.4 is 0 Å². The minimum Gasteiger partial charge on any atom is -0.0654 e. The van der Waals surface area contributed by atoms with Crippen LogP contribution in [0.15, 0.2) is 30.3 Å². The molecule has 0 atom stereocenters. The van der Waals surface area contributed by atoms with Crippen molar-refractivity contribution in [1.29, 1.82) is 0 Å². The van der Waals surface area contributed by atoms with Crippen LogP contribution in [0.1, 0.15) is 82.4 Å². The van der Waals surface area contributed by atoms with Crippen molar-refractivity contribution in [2.75, 3.05) is 0 Å². The van der Waals surface area contributed by atoms with Crippen molar-refractivity contribution in [1.82, 2.24) is 0 Å². The normalized spacial score (nSPS) is 11.5. The predicted octanol–water partition coefficient (Wildman–Crippen LogP) is 6.99. The molecule has 0 saturated heterocycles. The molecule has 22 heavy (non-hydrogen) atoms. The van der Waals surface area contributed by atoms with E-state index in [-0.39, 0.29) is 0 Å². The second kappa shape index (κ2) is 8.36. The molecule has 0 amide bonds. The first-order chi connectivity index (χ1) is 10.7. The fourth-order valence-electron chi connectivity index (χ4n) is 3.30. The summed E-state index contributed by atoms with van der Waals surface area (Å²) in [5.74, 6) is 0.591. The Labute approximate surface area is 137 Å². The molecule has 0 bridgehead atoms. The molecule has 0 N–H and O–H groups in total. The third-order valence-electron chi connectivity index (χ3n) is 4.72. The highest BCUT2D eigenvalue weighted by Crippen LogP contribution is 2.35. The summed E-state index contributed by atoms with van der Waals surface area (Å²) in [6.45, 7) is 9.14. The highest BCUT2D eigenvalue weighted by Gasteiger charge is 2.15. The second-order valence-corrected chi connectivity index (χ2v) is 6.90. The molecule has 2 aliphatic rings. The Morgan fingerprint density at radius 3 is 2.32 bits per heavy atom. The highest BCUT2D eigenvalue weighted by atomic mass is 14.2. The first-order valence-electron chi connectivity index (χ1n) is 9.21. The van der Waals surface area contributed by atoms with Gasteiger partial charge in [0.05, 0.1) is 0 Å². The van der Waals surface area contributed by atoms with Gasteiger partial charge in [0.1, 0.15) is 0 Å². The smallest absolute Gasteiger partial charge is 0.0149 e. The van der Waals surface area contributed by atoms with E-state index in [2.05, 4.69) is 58.0 Å². The zero-order valence-corrected chi connectivity index (χ0v) is 14.9. The van der Waals surface area contributed by atoms with Crippen molar-refractivity contribution < 1.29 is 0 Å². The molecule has 0 radical (unpaired) electrons. The topological polar surface area (TPSA) is 0 Å². The third kappa shape index (κ3) is 4.12. The van der Waals surface area contributed by atoms with E-state index in [9.17, 15) is 0 Å². The van der Waals surface area contributed by atoms with Crippen LogP contribution in [-0.4, -0.2) is 0 Å². The maximum absolute atomic E-state index is 2.47. The Hall–Kier alpha value is -1.30. The summed E-state index contributed by atoms with van der Waals surface area (Å²) in [5.41, 5.74) is 7.62. The van der Waals surface area contributed by atoms with Gasteiger partial charge in [-0.2, -0.15) is 0 Å². The van der Waals surface area contributed by atoms with Gasteiger partial charge in [0.25, 0.3) is 0 Å². The average Bonchev–Trinajstić information content (AvgIpc) is 2.68. The van der Waals surface area contributed by atoms with Gasteiger partial charge in [0.15, 0.2) is 0 Å². The molecular formula is C22H32. The summed E-state index contributed by atoms with van der Waals surface area (Å²) in [5, 5.41) is 0. The summed E-state index contributed by atoms with van der Waals surface area (Å²) in [6, 6.07) is 11.8. The van der Waals surface area contributed by atoms with E-state index < -0.39 is 0 Å². The van der Waals surface area contributed by atoms with Crippen LogP contribution in [0.2, 0.25) is 0 Å². The molecule has 0 saturated carbocycles. The van der Waals surface area contributed by atoms with Crippen LogP contribution in [0.5, 0.6) is 0 Å². The van der Waals surface area contributed by atoms with Gasteiger partial charge in [-0.25, -0.2) is 0 Å². The van der Waals surface area contributed by atoms with Crippen molar-refractivity contribution in [3.63, 3.8) is 0 Å². The number of fused-ring (bicyclic) bond motifs is 1. The van der Waals surface area contributed by atoms with E-state index in [0.717, 1.165) is 0 Å². The van der Waals surface area contributed by atoms with Crippen molar-refractivity contribution in [2.24, 2.45) is 0 Å². The van der Waals surface area contributed by atoms with Gasteiger partial charge in [-0.3, -0.25) is 0 Å². The molecule has 0 aromatic heterocycles. The summed E-state index contributed by atoms with van der Waals surface area (Å²) >= 11 is 0. The first kappa shape index (κ1) is 17.1. The van der Waals surface area contributed by atoms with Crippen molar-refractivity contribution in [2.45, 2.75) is 78.6 Å². The van der Waals surface area contributed by atoms with E-state index in [1.807, 2.05) is 0 Å². The van der Waals surface area contributed by atoms with Gasteiger partial charge in [0.2, 0.25) is 0 Å². The lowest BCUT2D eigenvalue weighted by Gasteiger charge is -2.06. The van der Waals surface area contributed by atoms with Gasteiger partial charge < -0.3 is 0 Å². The van der Waals surface area contributed by atoms with E-state index in [1.165, 1.54) is 61.6 Å². The van der Waals surface area contributed by atoms with Crippen molar-refractivity contribution >= 4 is 0 Å². The average molecular weight is 296 g/mol. The summed E-state index contributed by atoms with van der Waals surface area (Å²) < 4.78 is 0. The molecule has 0 aliphatic heterocycles. The molecule has 0 aromatic carbocycles. The fraction of sp³-hybridized carbons (Fsp3) is 0.545. The van der Waals surface area contributed by atoms with Crippen LogP contribution in [0, 0.1) is 0 Å². The molecule has 120 valence electrons. The molecule has 0 nitrogen and oxygen atoms in total. The lowest BCUT2D eigenvalue weighted by atomic mass is 9.99. The van der Waals surface area contributed by atoms with E-state index >= 15 is 0 Å². The molecule has 0 fully saturated rings. The monoisotopic (exact) mass is 296 g/mol. The van der Waals surface area contributed by atoms with E-state index in [4.69, 9.17) is 0 Å². The number of hydrogen-bond acceptors (Lipinski definition) is 0. The molecule has 0 heterocycles. The summed E-state index contributed by atoms with van der Waals surface area (Å²) in [7, 11) is 0. The fourth-order valence-corrected chi connectivity index (χ4v) is 3.30. The number of unbranched alkanes of at least 4 members (excludes halogenated alkanes) is 3. The van der Waals surface area contributed by atoms with Gasteiger partial charge in [-0.05, 0) is 59.4 Å². The van der Waals surface area contributed by atoms with Crippen LogP contribution in [-0.2, 0) is 12.8 Å². The van der Waals surface area contributed by atoms with Crippen LogP contribution >= 0.6 is 0 Å². The summed E-state index contributed by atoms with van der Waals surface area (Å²) in [6.07, 6.45) is 9.05. The lowest BCUT2D eigenvalue weighted by Crippen LogP contribution is -1.91. The number of rotatable bonds is 8.